The maximum Gasteiger partial charge on any atom is 0.335 e. The topological polar surface area (TPSA) is 77.9 Å². The SMILES string of the molecule is CN(C(=O)c1ccc(C(=O)O)cc1)[C@@H]1CCN(c2ccccc2F)C1=O. The molecule has 1 heterocycles. The first kappa shape index (κ1) is 17.6. The van der Waals surface area contributed by atoms with Crippen molar-refractivity contribution in [1.29, 1.82) is 0 Å². The standard InChI is InChI=1S/C19H17FN2O4/c1-21(17(23)12-6-8-13(9-7-12)19(25)26)16-10-11-22(18(16)24)15-5-3-2-4-14(15)20/h2-9,16H,10-11H2,1H3,(H,25,26)/t16-/m1/s1. The number of aromatic carboxylic acids is 1. The Labute approximate surface area is 149 Å². The van der Waals surface area contributed by atoms with E-state index in [4.69, 9.17) is 5.11 Å². The van der Waals surface area contributed by atoms with Crippen molar-refractivity contribution < 1.29 is 23.9 Å². The van der Waals surface area contributed by atoms with E-state index in [9.17, 15) is 18.8 Å². The highest BCUT2D eigenvalue weighted by atomic mass is 19.1. The number of amides is 2. The minimum absolute atomic E-state index is 0.0758. The lowest BCUT2D eigenvalue weighted by molar-refractivity contribution is -0.120. The van der Waals surface area contributed by atoms with Crippen LogP contribution in [0.2, 0.25) is 0 Å². The molecule has 26 heavy (non-hydrogen) atoms. The van der Waals surface area contributed by atoms with E-state index in [-0.39, 0.29) is 22.7 Å². The third-order valence-corrected chi connectivity index (χ3v) is 4.49. The normalized spacial score (nSPS) is 16.6. The van der Waals surface area contributed by atoms with E-state index < -0.39 is 23.7 Å². The van der Waals surface area contributed by atoms with E-state index in [0.717, 1.165) is 0 Å². The molecule has 1 atom stereocenters. The van der Waals surface area contributed by atoms with Crippen LogP contribution in [0.15, 0.2) is 48.5 Å². The summed E-state index contributed by atoms with van der Waals surface area (Å²) in [5.74, 6) is -2.30. The predicted molar refractivity (Wildman–Crippen MR) is 92.7 cm³/mol. The summed E-state index contributed by atoms with van der Waals surface area (Å²) in [6.45, 7) is 0.319. The highest BCUT2D eigenvalue weighted by molar-refractivity contribution is 6.04. The number of rotatable bonds is 4. The second-order valence-corrected chi connectivity index (χ2v) is 6.04. The Kier molecular flexibility index (Phi) is 4.71. The van der Waals surface area contributed by atoms with Crippen LogP contribution in [-0.2, 0) is 4.79 Å². The second kappa shape index (κ2) is 6.95. The fraction of sp³-hybridized carbons (Fsp3) is 0.211. The predicted octanol–water partition coefficient (Wildman–Crippen LogP) is 2.40. The van der Waals surface area contributed by atoms with Gasteiger partial charge in [0.25, 0.3) is 5.91 Å². The maximum absolute atomic E-state index is 13.9. The van der Waals surface area contributed by atoms with Crippen molar-refractivity contribution in [2.75, 3.05) is 18.5 Å². The molecule has 1 saturated heterocycles. The van der Waals surface area contributed by atoms with E-state index in [2.05, 4.69) is 0 Å². The van der Waals surface area contributed by atoms with Gasteiger partial charge in [-0.15, -0.1) is 0 Å². The van der Waals surface area contributed by atoms with E-state index in [0.29, 0.717) is 13.0 Å². The summed E-state index contributed by atoms with van der Waals surface area (Å²) in [6, 6.07) is 10.8. The van der Waals surface area contributed by atoms with Gasteiger partial charge in [0.1, 0.15) is 11.9 Å². The van der Waals surface area contributed by atoms with Gasteiger partial charge in [0.2, 0.25) is 5.91 Å². The van der Waals surface area contributed by atoms with Gasteiger partial charge in [-0.1, -0.05) is 12.1 Å². The number of carboxylic acids is 1. The number of hydrogen-bond acceptors (Lipinski definition) is 3. The van der Waals surface area contributed by atoms with E-state index in [1.54, 1.807) is 12.1 Å². The molecule has 1 N–H and O–H groups in total. The molecule has 0 aliphatic carbocycles. The smallest absolute Gasteiger partial charge is 0.335 e. The Morgan fingerprint density at radius 3 is 2.35 bits per heavy atom. The number of carboxylic acid groups (broad SMARTS) is 1. The summed E-state index contributed by atoms with van der Waals surface area (Å²) in [7, 11) is 1.51. The lowest BCUT2D eigenvalue weighted by atomic mass is 10.1. The average Bonchev–Trinajstić information content (AvgIpc) is 3.02. The average molecular weight is 356 g/mol. The van der Waals surface area contributed by atoms with Gasteiger partial charge in [-0.05, 0) is 42.8 Å². The Bertz CT molecular complexity index is 866. The number of para-hydroxylation sites is 1. The van der Waals surface area contributed by atoms with Crippen LogP contribution in [0, 0.1) is 5.82 Å². The molecule has 7 heteroatoms. The molecule has 2 aromatic rings. The lowest BCUT2D eigenvalue weighted by Crippen LogP contribution is -2.43. The fourth-order valence-corrected chi connectivity index (χ4v) is 3.03. The summed E-state index contributed by atoms with van der Waals surface area (Å²) < 4.78 is 13.9. The zero-order chi connectivity index (χ0) is 18.8. The van der Waals surface area contributed by atoms with Gasteiger partial charge in [-0.3, -0.25) is 9.59 Å². The van der Waals surface area contributed by atoms with Gasteiger partial charge in [-0.25, -0.2) is 9.18 Å². The van der Waals surface area contributed by atoms with Crippen LogP contribution < -0.4 is 4.90 Å². The molecule has 0 saturated carbocycles. The van der Waals surface area contributed by atoms with Crippen LogP contribution in [0.5, 0.6) is 0 Å². The fourth-order valence-electron chi connectivity index (χ4n) is 3.03. The van der Waals surface area contributed by atoms with Crippen molar-refractivity contribution in [2.45, 2.75) is 12.5 Å². The maximum atomic E-state index is 13.9. The van der Waals surface area contributed by atoms with E-state index in [1.807, 2.05) is 0 Å². The molecule has 1 fully saturated rings. The Morgan fingerprint density at radius 2 is 1.73 bits per heavy atom. The third-order valence-electron chi connectivity index (χ3n) is 4.49. The number of carbonyl (C=O) groups excluding carboxylic acids is 2. The largest absolute Gasteiger partial charge is 0.478 e. The number of anilines is 1. The van der Waals surface area contributed by atoms with Crippen molar-refractivity contribution in [2.24, 2.45) is 0 Å². The van der Waals surface area contributed by atoms with E-state index in [1.165, 1.54) is 53.2 Å². The van der Waals surface area contributed by atoms with E-state index >= 15 is 0 Å². The first-order valence-corrected chi connectivity index (χ1v) is 8.06. The number of halogens is 1. The molecule has 0 unspecified atom stereocenters. The number of hydrogen-bond donors (Lipinski definition) is 1. The van der Waals surface area contributed by atoms with Gasteiger partial charge in [0, 0.05) is 19.2 Å². The number of nitrogens with zero attached hydrogens (tertiary/aromatic N) is 2. The van der Waals surface area contributed by atoms with Crippen molar-refractivity contribution in [3.05, 3.63) is 65.5 Å². The zero-order valence-corrected chi connectivity index (χ0v) is 14.1. The molecule has 0 aromatic heterocycles. The molecule has 1 aliphatic heterocycles. The molecular weight excluding hydrogens is 339 g/mol. The minimum atomic E-state index is -1.08. The summed E-state index contributed by atoms with van der Waals surface area (Å²) in [5.41, 5.74) is 0.563. The van der Waals surface area contributed by atoms with Crippen LogP contribution in [0.3, 0.4) is 0 Å². The van der Waals surface area contributed by atoms with Crippen molar-refractivity contribution in [3.63, 3.8) is 0 Å². The first-order valence-electron chi connectivity index (χ1n) is 8.06. The third kappa shape index (κ3) is 3.15. The van der Waals surface area contributed by atoms with Gasteiger partial charge < -0.3 is 14.9 Å². The Hall–Kier alpha value is -3.22. The summed E-state index contributed by atoms with van der Waals surface area (Å²) in [6.07, 6.45) is 0.391. The molecule has 1 aliphatic rings. The van der Waals surface area contributed by atoms with Crippen molar-refractivity contribution >= 4 is 23.5 Å². The van der Waals surface area contributed by atoms with Crippen LogP contribution in [0.4, 0.5) is 10.1 Å². The highest BCUT2D eigenvalue weighted by Crippen LogP contribution is 2.26. The monoisotopic (exact) mass is 356 g/mol. The van der Waals surface area contributed by atoms with Gasteiger partial charge in [-0.2, -0.15) is 0 Å². The molecule has 2 amide bonds. The number of benzene rings is 2. The lowest BCUT2D eigenvalue weighted by Gasteiger charge is -2.24. The molecule has 2 aromatic carbocycles. The molecule has 0 spiro atoms. The van der Waals surface area contributed by atoms with Crippen LogP contribution in [0.1, 0.15) is 27.1 Å². The zero-order valence-electron chi connectivity index (χ0n) is 14.1. The van der Waals surface area contributed by atoms with Crippen molar-refractivity contribution in [1.82, 2.24) is 4.90 Å². The van der Waals surface area contributed by atoms with Crippen LogP contribution in [0.25, 0.3) is 0 Å². The number of carbonyl (C=O) groups is 3. The second-order valence-electron chi connectivity index (χ2n) is 6.04. The minimum Gasteiger partial charge on any atom is -0.478 e. The molecule has 0 radical (unpaired) electrons. The summed E-state index contributed by atoms with van der Waals surface area (Å²) in [4.78, 5) is 38.8. The van der Waals surface area contributed by atoms with Gasteiger partial charge in [0.05, 0.1) is 11.3 Å². The molecule has 6 nitrogen and oxygen atoms in total. The number of likely N-dealkylation sites (N-methyl/N-ethyl adjacent to an activating group) is 1. The summed E-state index contributed by atoms with van der Waals surface area (Å²) in [5, 5.41) is 8.91. The quantitative estimate of drug-likeness (QED) is 0.913. The molecular formula is C19H17FN2O4. The highest BCUT2D eigenvalue weighted by Gasteiger charge is 2.38. The Balaban J connectivity index is 1.77. The molecule has 0 bridgehead atoms. The first-order chi connectivity index (χ1) is 12.4. The van der Waals surface area contributed by atoms with Gasteiger partial charge in [0.15, 0.2) is 0 Å². The van der Waals surface area contributed by atoms with Crippen molar-refractivity contribution in [3.8, 4) is 0 Å². The van der Waals surface area contributed by atoms with Gasteiger partial charge >= 0.3 is 5.97 Å². The Morgan fingerprint density at radius 1 is 1.12 bits per heavy atom. The van der Waals surface area contributed by atoms with Crippen LogP contribution in [-0.4, -0.2) is 47.4 Å². The molecule has 3 rings (SSSR count). The van der Waals surface area contributed by atoms with Crippen LogP contribution >= 0.6 is 0 Å². The summed E-state index contributed by atoms with van der Waals surface area (Å²) >= 11 is 0. The molecule has 134 valence electrons.